The van der Waals surface area contributed by atoms with Crippen molar-refractivity contribution >= 4 is 117 Å². The molecule has 0 spiro atoms. The average Bonchev–Trinajstić information content (AvgIpc) is 1.88. The lowest BCUT2D eigenvalue weighted by Crippen LogP contribution is -2.11. The smallest absolute Gasteiger partial charge is 0.184 e. The van der Waals surface area contributed by atoms with Crippen LogP contribution in [0.5, 0.6) is 0 Å². The third-order valence-corrected chi connectivity index (χ3v) is 16.3. The van der Waals surface area contributed by atoms with Gasteiger partial charge in [0.1, 0.15) is 0 Å². The molecule has 0 bridgehead atoms. The summed E-state index contributed by atoms with van der Waals surface area (Å²) >= 11 is 0. The highest BCUT2D eigenvalue weighted by Gasteiger charge is 2.26. The number of hydrogen-bond acceptors (Lipinski definition) is 5. The van der Waals surface area contributed by atoms with Crippen LogP contribution in [0.3, 0.4) is 0 Å². The first-order chi connectivity index (χ1) is 41.7. The van der Waals surface area contributed by atoms with E-state index in [9.17, 15) is 0 Å². The zero-order valence-corrected chi connectivity index (χ0v) is 45.6. The molecule has 396 valence electrons. The molecule has 4 heterocycles. The lowest BCUT2D eigenvalue weighted by Gasteiger charge is -2.25. The van der Waals surface area contributed by atoms with Crippen molar-refractivity contribution in [2.75, 3.05) is 14.7 Å². The summed E-state index contributed by atoms with van der Waals surface area (Å²) in [5, 5.41) is 17.5. The van der Waals surface area contributed by atoms with Crippen molar-refractivity contribution in [1.29, 1.82) is 0 Å². The van der Waals surface area contributed by atoms with Crippen LogP contribution in [-0.4, -0.2) is 23.9 Å². The van der Waals surface area contributed by atoms with E-state index in [1.807, 2.05) is 0 Å². The molecule has 0 saturated heterocycles. The van der Waals surface area contributed by atoms with Crippen molar-refractivity contribution < 1.29 is 0 Å². The number of aromatic nitrogens is 5. The van der Waals surface area contributed by atoms with Gasteiger partial charge in [-0.1, -0.05) is 164 Å². The van der Waals surface area contributed by atoms with Gasteiger partial charge in [-0.2, -0.15) is 0 Å². The average molecular weight is 1080 g/mol. The second kappa shape index (κ2) is 20.3. The monoisotopic (exact) mass is 1080 g/mol. The van der Waals surface area contributed by atoms with Gasteiger partial charge in [0.15, 0.2) is 11.6 Å². The first kappa shape index (κ1) is 48.4. The maximum absolute atomic E-state index is 5.51. The van der Waals surface area contributed by atoms with Crippen LogP contribution in [0.25, 0.3) is 82.7 Å². The molecule has 0 unspecified atom stereocenters. The molecule has 0 aliphatic heterocycles. The maximum Gasteiger partial charge on any atom is 0.184 e. The largest absolute Gasteiger partial charge is 0.310 e. The molecule has 0 radical (unpaired) electrons. The Labute approximate surface area is 485 Å². The van der Waals surface area contributed by atoms with Gasteiger partial charge in [0, 0.05) is 89.6 Å². The Kier molecular flexibility index (Phi) is 11.7. The third-order valence-electron chi connectivity index (χ3n) is 16.3. The molecule has 12 aromatic carbocycles. The first-order valence-electron chi connectivity index (χ1n) is 28.4. The highest BCUT2D eigenvalue weighted by Crippen LogP contribution is 2.45. The molecular weight excluding hydrogens is 1020 g/mol. The minimum Gasteiger partial charge on any atom is -0.310 e. The molecule has 8 heteroatoms. The van der Waals surface area contributed by atoms with Crippen molar-refractivity contribution in [3.63, 3.8) is 0 Å². The Morgan fingerprint density at radius 2 is 0.476 bits per heavy atom. The van der Waals surface area contributed by atoms with Gasteiger partial charge < -0.3 is 19.3 Å². The van der Waals surface area contributed by atoms with Crippen molar-refractivity contribution in [1.82, 2.24) is 23.9 Å². The zero-order valence-electron chi connectivity index (χ0n) is 45.6. The molecule has 0 aliphatic rings. The third kappa shape index (κ3) is 8.07. The Bertz CT molecular complexity index is 4960. The molecule has 0 atom stereocenters. The Hall–Kier alpha value is -11.5. The van der Waals surface area contributed by atoms with E-state index in [0.717, 1.165) is 122 Å². The minimum absolute atomic E-state index is 0.696. The number of para-hydroxylation sites is 9. The highest BCUT2D eigenvalue weighted by atomic mass is 15.3. The van der Waals surface area contributed by atoms with E-state index in [4.69, 9.17) is 10.2 Å². The molecule has 0 saturated carbocycles. The van der Waals surface area contributed by atoms with Gasteiger partial charge in [0.05, 0.1) is 38.8 Å². The van der Waals surface area contributed by atoms with E-state index in [1.54, 1.807) is 0 Å². The van der Waals surface area contributed by atoms with Crippen molar-refractivity contribution in [2.24, 2.45) is 0 Å². The van der Waals surface area contributed by atoms with Crippen molar-refractivity contribution in [3.05, 3.63) is 315 Å². The summed E-state index contributed by atoms with van der Waals surface area (Å²) in [7, 11) is 0. The Morgan fingerprint density at radius 3 is 0.833 bits per heavy atom. The second-order valence-corrected chi connectivity index (χ2v) is 21.1. The van der Waals surface area contributed by atoms with Crippen LogP contribution in [0.15, 0.2) is 315 Å². The van der Waals surface area contributed by atoms with Crippen LogP contribution < -0.4 is 14.7 Å². The molecule has 4 aromatic heterocycles. The van der Waals surface area contributed by atoms with E-state index in [-0.39, 0.29) is 0 Å². The van der Waals surface area contributed by atoms with E-state index >= 15 is 0 Å². The van der Waals surface area contributed by atoms with Gasteiger partial charge in [0.2, 0.25) is 0 Å². The van der Waals surface area contributed by atoms with E-state index < -0.39 is 0 Å². The van der Waals surface area contributed by atoms with Crippen LogP contribution in [0, 0.1) is 0 Å². The quantitative estimate of drug-likeness (QED) is 0.122. The molecular formula is C76H52N8. The summed E-state index contributed by atoms with van der Waals surface area (Å²) in [6, 6.07) is 112. The number of hydrogen-bond donors (Lipinski definition) is 0. The minimum atomic E-state index is 0.696. The number of nitrogens with zero attached hydrogens (tertiary/aromatic N) is 8. The van der Waals surface area contributed by atoms with Gasteiger partial charge >= 0.3 is 0 Å². The summed E-state index contributed by atoms with van der Waals surface area (Å²) < 4.78 is 7.01. The summed E-state index contributed by atoms with van der Waals surface area (Å²) in [5.41, 5.74) is 16.7. The predicted molar refractivity (Wildman–Crippen MR) is 349 cm³/mol. The van der Waals surface area contributed by atoms with Gasteiger partial charge in [-0.3, -0.25) is 9.13 Å². The summed E-state index contributed by atoms with van der Waals surface area (Å²) in [4.78, 5) is 6.98. The van der Waals surface area contributed by atoms with Crippen LogP contribution in [-0.2, 0) is 0 Å². The predicted octanol–water partition coefficient (Wildman–Crippen LogP) is 20.2. The number of fused-ring (bicyclic) bond motifs is 9. The summed E-state index contributed by atoms with van der Waals surface area (Å²) in [5.74, 6) is 1.40. The van der Waals surface area contributed by atoms with Crippen molar-refractivity contribution in [2.45, 2.75) is 0 Å². The van der Waals surface area contributed by atoms with Gasteiger partial charge in [-0.25, -0.2) is 0 Å². The molecule has 84 heavy (non-hydrogen) atoms. The first-order valence-corrected chi connectivity index (χ1v) is 28.4. The van der Waals surface area contributed by atoms with Crippen molar-refractivity contribution in [3.8, 4) is 17.3 Å². The normalized spacial score (nSPS) is 11.6. The number of rotatable bonds is 12. The van der Waals surface area contributed by atoms with Crippen LogP contribution >= 0.6 is 0 Å². The molecule has 8 nitrogen and oxygen atoms in total. The van der Waals surface area contributed by atoms with Crippen LogP contribution in [0.2, 0.25) is 0 Å². The molecule has 16 rings (SSSR count). The molecule has 16 aromatic rings. The van der Waals surface area contributed by atoms with Crippen LogP contribution in [0.1, 0.15) is 0 Å². The van der Waals surface area contributed by atoms with Gasteiger partial charge in [0.25, 0.3) is 0 Å². The molecule has 0 amide bonds. The van der Waals surface area contributed by atoms with Gasteiger partial charge in [-0.15, -0.1) is 10.2 Å². The Balaban J connectivity index is 0.953. The summed E-state index contributed by atoms with van der Waals surface area (Å²) in [6.45, 7) is 0. The number of anilines is 9. The standard InChI is InChI=1S/C76H52N8/c1-7-25-53(26-8-1)79(54-27-9-2-10-28-54)59-43-46-71-65(49-59)62-37-19-22-40-68(62)82(71)74-52-75(83-69-41-23-20-38-63(69)66-50-60(44-47-72(66)83)80(55-29-11-3-12-30-55)56-31-13-4-14-32-56)77-78-76(74)84-70-42-24-21-39-64(70)67-51-61(45-48-73(67)84)81(57-33-15-5-16-34-57)58-35-17-6-18-36-58/h1-52H. The highest BCUT2D eigenvalue weighted by molar-refractivity contribution is 6.14. The lowest BCUT2D eigenvalue weighted by molar-refractivity contribution is 0.891. The maximum atomic E-state index is 5.51. The van der Waals surface area contributed by atoms with E-state index in [1.165, 1.54) is 0 Å². The van der Waals surface area contributed by atoms with Crippen LogP contribution in [0.4, 0.5) is 51.2 Å². The molecule has 0 fully saturated rings. The van der Waals surface area contributed by atoms with E-state index in [2.05, 4.69) is 344 Å². The summed E-state index contributed by atoms with van der Waals surface area (Å²) in [6.07, 6.45) is 0. The molecule has 0 N–H and O–H groups in total. The molecule has 0 aliphatic carbocycles. The second-order valence-electron chi connectivity index (χ2n) is 21.1. The fraction of sp³-hybridized carbons (Fsp3) is 0. The zero-order chi connectivity index (χ0) is 55.5. The van der Waals surface area contributed by atoms with E-state index in [0.29, 0.717) is 11.6 Å². The lowest BCUT2D eigenvalue weighted by atomic mass is 10.1. The fourth-order valence-corrected chi connectivity index (χ4v) is 12.6. The fourth-order valence-electron chi connectivity index (χ4n) is 12.6. The number of benzene rings is 12. The Morgan fingerprint density at radius 1 is 0.202 bits per heavy atom. The van der Waals surface area contributed by atoms with Gasteiger partial charge in [-0.05, 0) is 146 Å². The SMILES string of the molecule is c1ccc(N(c2ccccc2)c2ccc3c(c2)c2ccccc2n3-c2cc(-n3c4ccccc4c4cc(N(c5ccccc5)c5ccccc5)ccc43)c(-n3c4ccccc4c4cc(N(c5ccccc5)c5ccccc5)ccc43)nn2)cc1. The topological polar surface area (TPSA) is 50.3 Å².